The van der Waals surface area contributed by atoms with Gasteiger partial charge < -0.3 is 4.74 Å². The summed E-state index contributed by atoms with van der Waals surface area (Å²) in [6, 6.07) is 7.80. The number of fused-ring (bicyclic) bond motifs is 1. The number of rotatable bonds is 4. The van der Waals surface area contributed by atoms with Crippen LogP contribution in [0.1, 0.15) is 23.2 Å². The van der Waals surface area contributed by atoms with E-state index in [4.69, 9.17) is 4.74 Å². The number of nitrogens with zero attached hydrogens (tertiary/aromatic N) is 2. The lowest BCUT2D eigenvalue weighted by molar-refractivity contribution is -0.118. The van der Waals surface area contributed by atoms with Crippen LogP contribution >= 0.6 is 0 Å². The van der Waals surface area contributed by atoms with Gasteiger partial charge in [-0.25, -0.2) is 9.97 Å². The molecular formula is C16H17N3O2. The van der Waals surface area contributed by atoms with Gasteiger partial charge in [-0.1, -0.05) is 6.07 Å². The molecule has 2 aromatic rings. The number of carbonyl (C=O) groups excluding carboxylic acids is 1. The van der Waals surface area contributed by atoms with Gasteiger partial charge in [-0.05, 0) is 55.5 Å². The Hall–Kier alpha value is -2.43. The summed E-state index contributed by atoms with van der Waals surface area (Å²) < 4.78 is 5.53. The maximum Gasteiger partial charge on any atom is 0.264 e. The second kappa shape index (κ2) is 5.91. The standard InChI is InChI=1S/C16H17N3O2/c1-11-7-8-17-16(18-11)19-15(20)10-21-14-6-5-12-3-2-4-13(12)9-14/h5-9H,2-4,10H2,1H3,(H,17,18,19,20). The monoisotopic (exact) mass is 283 g/mol. The van der Waals surface area contributed by atoms with Gasteiger partial charge in [0.15, 0.2) is 6.61 Å². The fraction of sp³-hybridized carbons (Fsp3) is 0.312. The largest absolute Gasteiger partial charge is 0.484 e. The summed E-state index contributed by atoms with van der Waals surface area (Å²) in [5.74, 6) is 0.773. The lowest BCUT2D eigenvalue weighted by Gasteiger charge is -2.08. The average molecular weight is 283 g/mol. The van der Waals surface area contributed by atoms with Gasteiger partial charge in [0, 0.05) is 11.9 Å². The Morgan fingerprint density at radius 3 is 3.00 bits per heavy atom. The molecule has 0 aliphatic heterocycles. The number of nitrogens with one attached hydrogen (secondary N) is 1. The summed E-state index contributed by atoms with van der Waals surface area (Å²) in [5.41, 5.74) is 3.52. The van der Waals surface area contributed by atoms with Crippen LogP contribution in [0.15, 0.2) is 30.5 Å². The highest BCUT2D eigenvalue weighted by atomic mass is 16.5. The van der Waals surface area contributed by atoms with Gasteiger partial charge >= 0.3 is 0 Å². The lowest BCUT2D eigenvalue weighted by atomic mass is 10.1. The van der Waals surface area contributed by atoms with Crippen LogP contribution in [0.25, 0.3) is 0 Å². The Morgan fingerprint density at radius 2 is 2.14 bits per heavy atom. The van der Waals surface area contributed by atoms with Gasteiger partial charge in [0.1, 0.15) is 5.75 Å². The summed E-state index contributed by atoms with van der Waals surface area (Å²) in [7, 11) is 0. The van der Waals surface area contributed by atoms with Crippen molar-refractivity contribution in [1.29, 1.82) is 0 Å². The third-order valence-electron chi connectivity index (χ3n) is 3.49. The van der Waals surface area contributed by atoms with E-state index in [0.717, 1.165) is 24.3 Å². The van der Waals surface area contributed by atoms with E-state index in [-0.39, 0.29) is 12.5 Å². The topological polar surface area (TPSA) is 64.1 Å². The van der Waals surface area contributed by atoms with Gasteiger partial charge in [0.25, 0.3) is 5.91 Å². The molecule has 1 aliphatic rings. The Bertz CT molecular complexity index is 670. The number of aryl methyl sites for hydroxylation is 3. The maximum atomic E-state index is 11.8. The van der Waals surface area contributed by atoms with Crippen LogP contribution in [-0.4, -0.2) is 22.5 Å². The SMILES string of the molecule is Cc1ccnc(NC(=O)COc2ccc3c(c2)CCC3)n1. The van der Waals surface area contributed by atoms with Crippen LogP contribution < -0.4 is 10.1 Å². The van der Waals surface area contributed by atoms with E-state index in [1.807, 2.05) is 19.1 Å². The molecule has 0 bridgehead atoms. The molecule has 0 saturated heterocycles. The van der Waals surface area contributed by atoms with Crippen molar-refractivity contribution in [2.45, 2.75) is 26.2 Å². The molecule has 1 aromatic heterocycles. The van der Waals surface area contributed by atoms with Crippen LogP contribution in [0.3, 0.4) is 0 Å². The minimum atomic E-state index is -0.263. The molecular weight excluding hydrogens is 266 g/mol. The van der Waals surface area contributed by atoms with Crippen molar-refractivity contribution < 1.29 is 9.53 Å². The predicted octanol–water partition coefficient (Wildman–Crippen LogP) is 2.29. The van der Waals surface area contributed by atoms with E-state index in [1.165, 1.54) is 17.5 Å². The molecule has 1 amide bonds. The number of benzene rings is 1. The van der Waals surface area contributed by atoms with E-state index in [1.54, 1.807) is 12.3 Å². The van der Waals surface area contributed by atoms with Crippen molar-refractivity contribution in [3.63, 3.8) is 0 Å². The van der Waals surface area contributed by atoms with E-state index < -0.39 is 0 Å². The molecule has 0 spiro atoms. The smallest absolute Gasteiger partial charge is 0.264 e. The third kappa shape index (κ3) is 3.37. The number of hydrogen-bond acceptors (Lipinski definition) is 4. The normalized spacial score (nSPS) is 12.8. The van der Waals surface area contributed by atoms with Gasteiger partial charge in [0.05, 0.1) is 0 Å². The highest BCUT2D eigenvalue weighted by Crippen LogP contribution is 2.25. The van der Waals surface area contributed by atoms with Gasteiger partial charge in [-0.15, -0.1) is 0 Å². The highest BCUT2D eigenvalue weighted by molar-refractivity contribution is 5.90. The zero-order valence-electron chi connectivity index (χ0n) is 11.9. The minimum absolute atomic E-state index is 0.0455. The Morgan fingerprint density at radius 1 is 1.29 bits per heavy atom. The molecule has 1 aromatic carbocycles. The van der Waals surface area contributed by atoms with Gasteiger partial charge in [-0.2, -0.15) is 0 Å². The molecule has 21 heavy (non-hydrogen) atoms. The molecule has 0 fully saturated rings. The zero-order valence-corrected chi connectivity index (χ0v) is 11.9. The molecule has 1 heterocycles. The van der Waals surface area contributed by atoms with Crippen LogP contribution in [-0.2, 0) is 17.6 Å². The summed E-state index contributed by atoms with van der Waals surface area (Å²) in [4.78, 5) is 19.9. The van der Waals surface area contributed by atoms with Crippen LogP contribution in [0.4, 0.5) is 5.95 Å². The number of ether oxygens (including phenoxy) is 1. The fourth-order valence-electron chi connectivity index (χ4n) is 2.46. The van der Waals surface area contributed by atoms with E-state index in [9.17, 15) is 4.79 Å². The molecule has 5 heteroatoms. The number of carbonyl (C=O) groups is 1. The first-order valence-electron chi connectivity index (χ1n) is 7.05. The number of aromatic nitrogens is 2. The summed E-state index contributed by atoms with van der Waals surface area (Å²) >= 11 is 0. The molecule has 108 valence electrons. The third-order valence-corrected chi connectivity index (χ3v) is 3.49. The second-order valence-corrected chi connectivity index (χ2v) is 5.14. The molecule has 3 rings (SSSR count). The van der Waals surface area contributed by atoms with E-state index in [0.29, 0.717) is 5.95 Å². The maximum absolute atomic E-state index is 11.8. The van der Waals surface area contributed by atoms with Crippen molar-refractivity contribution in [2.24, 2.45) is 0 Å². The van der Waals surface area contributed by atoms with Crippen molar-refractivity contribution in [3.05, 3.63) is 47.3 Å². The Labute approximate surface area is 123 Å². The highest BCUT2D eigenvalue weighted by Gasteiger charge is 2.12. The van der Waals surface area contributed by atoms with E-state index >= 15 is 0 Å². The van der Waals surface area contributed by atoms with Gasteiger partial charge in [-0.3, -0.25) is 10.1 Å². The molecule has 1 N–H and O–H groups in total. The van der Waals surface area contributed by atoms with Gasteiger partial charge in [0.2, 0.25) is 5.95 Å². The molecule has 0 saturated carbocycles. The average Bonchev–Trinajstić information content (AvgIpc) is 2.92. The van der Waals surface area contributed by atoms with Crippen molar-refractivity contribution in [1.82, 2.24) is 9.97 Å². The first-order valence-corrected chi connectivity index (χ1v) is 7.05. The summed E-state index contributed by atoms with van der Waals surface area (Å²) in [5, 5.41) is 2.62. The lowest BCUT2D eigenvalue weighted by Crippen LogP contribution is -2.21. The first kappa shape index (κ1) is 13.5. The fourth-order valence-corrected chi connectivity index (χ4v) is 2.46. The van der Waals surface area contributed by atoms with E-state index in [2.05, 4.69) is 21.4 Å². The second-order valence-electron chi connectivity index (χ2n) is 5.14. The Kier molecular flexibility index (Phi) is 3.81. The molecule has 5 nitrogen and oxygen atoms in total. The van der Waals surface area contributed by atoms with Crippen molar-refractivity contribution in [2.75, 3.05) is 11.9 Å². The molecule has 0 radical (unpaired) electrons. The van der Waals surface area contributed by atoms with Crippen molar-refractivity contribution >= 4 is 11.9 Å². The predicted molar refractivity (Wildman–Crippen MR) is 79.4 cm³/mol. The number of anilines is 1. The number of amides is 1. The van der Waals surface area contributed by atoms with Crippen LogP contribution in [0, 0.1) is 6.92 Å². The zero-order chi connectivity index (χ0) is 14.7. The first-order chi connectivity index (χ1) is 10.2. The quantitative estimate of drug-likeness (QED) is 0.935. The Balaban J connectivity index is 1.56. The summed E-state index contributed by atoms with van der Waals surface area (Å²) in [6.45, 7) is 1.80. The van der Waals surface area contributed by atoms with Crippen LogP contribution in [0.5, 0.6) is 5.75 Å². The number of hydrogen-bond donors (Lipinski definition) is 1. The molecule has 0 atom stereocenters. The molecule has 1 aliphatic carbocycles. The summed E-state index contributed by atoms with van der Waals surface area (Å²) in [6.07, 6.45) is 5.04. The minimum Gasteiger partial charge on any atom is -0.484 e. The molecule has 0 unspecified atom stereocenters. The van der Waals surface area contributed by atoms with Crippen molar-refractivity contribution in [3.8, 4) is 5.75 Å². The van der Waals surface area contributed by atoms with Crippen LogP contribution in [0.2, 0.25) is 0 Å².